The normalized spacial score (nSPS) is 21.8. The first-order chi connectivity index (χ1) is 15.5. The quantitative estimate of drug-likeness (QED) is 0.356. The summed E-state index contributed by atoms with van der Waals surface area (Å²) in [4.78, 5) is 10.4. The molecule has 5 rings (SSSR count). The van der Waals surface area contributed by atoms with E-state index in [4.69, 9.17) is 23.8 Å². The third-order valence-corrected chi connectivity index (χ3v) is 8.69. The summed E-state index contributed by atoms with van der Waals surface area (Å²) in [5.74, 6) is 0.784. The molecule has 32 heavy (non-hydrogen) atoms. The van der Waals surface area contributed by atoms with Gasteiger partial charge in [0.25, 0.3) is 0 Å². The lowest BCUT2D eigenvalue weighted by molar-refractivity contribution is 0.438. The molecule has 4 nitrogen and oxygen atoms in total. The molecule has 0 saturated carbocycles. The number of thiocarbonyl (C=S) groups is 1. The van der Waals surface area contributed by atoms with Crippen molar-refractivity contribution in [2.75, 3.05) is 22.9 Å². The van der Waals surface area contributed by atoms with Crippen LogP contribution < -0.4 is 15.1 Å². The molecule has 2 aliphatic rings. The Labute approximate surface area is 211 Å². The van der Waals surface area contributed by atoms with Crippen molar-refractivity contribution in [2.45, 2.75) is 31.8 Å². The molecule has 0 spiro atoms. The summed E-state index contributed by atoms with van der Waals surface area (Å²) < 4.78 is 1.07. The highest BCUT2D eigenvalue weighted by Gasteiger charge is 2.41. The van der Waals surface area contributed by atoms with E-state index in [-0.39, 0.29) is 12.1 Å². The summed E-state index contributed by atoms with van der Waals surface area (Å²) >= 11 is 18.0. The number of pyridine rings is 1. The Balaban J connectivity index is 1.51. The van der Waals surface area contributed by atoms with E-state index in [0.29, 0.717) is 5.11 Å². The Morgan fingerprint density at radius 3 is 2.66 bits per heavy atom. The molecule has 2 aromatic heterocycles. The number of halogens is 2. The van der Waals surface area contributed by atoms with Crippen molar-refractivity contribution in [3.8, 4) is 0 Å². The van der Waals surface area contributed by atoms with Gasteiger partial charge in [-0.2, -0.15) is 0 Å². The van der Waals surface area contributed by atoms with Crippen molar-refractivity contribution >= 4 is 67.6 Å². The Kier molecular flexibility index (Phi) is 6.43. The highest BCUT2D eigenvalue weighted by Crippen LogP contribution is 2.45. The van der Waals surface area contributed by atoms with Crippen molar-refractivity contribution in [1.82, 2.24) is 10.3 Å². The Bertz CT molecular complexity index is 1110. The van der Waals surface area contributed by atoms with Crippen LogP contribution in [0.1, 0.15) is 42.4 Å². The van der Waals surface area contributed by atoms with Crippen LogP contribution in [0.5, 0.6) is 0 Å². The van der Waals surface area contributed by atoms with Crippen LogP contribution in [0.4, 0.5) is 11.4 Å². The van der Waals surface area contributed by atoms with Gasteiger partial charge in [0.05, 0.1) is 28.5 Å². The Morgan fingerprint density at radius 1 is 1.19 bits per heavy atom. The standard InChI is InChI=1S/C24H24BrClN4S2/c1-15-7-10-29(11-8-15)20-6-5-17(13-18(20)26)30-23(21-12-16(25)14-32-21)22(28-24(30)31)19-4-2-3-9-27-19/h2-6,9,12-15,22-23H,7-8,10-11H2,1H3,(H,28,31). The maximum atomic E-state index is 6.83. The third-order valence-electron chi connectivity index (χ3n) is 6.31. The maximum Gasteiger partial charge on any atom is 0.174 e. The third kappa shape index (κ3) is 4.28. The van der Waals surface area contributed by atoms with Crippen LogP contribution in [0.15, 0.2) is 58.5 Å². The average Bonchev–Trinajstić information content (AvgIpc) is 3.38. The molecule has 0 aliphatic carbocycles. The van der Waals surface area contributed by atoms with Crippen molar-refractivity contribution in [2.24, 2.45) is 5.92 Å². The molecule has 1 N–H and O–H groups in total. The van der Waals surface area contributed by atoms with Gasteiger partial charge in [-0.1, -0.05) is 24.6 Å². The van der Waals surface area contributed by atoms with E-state index in [1.807, 2.05) is 24.4 Å². The largest absolute Gasteiger partial charge is 0.370 e. The smallest absolute Gasteiger partial charge is 0.174 e. The Morgan fingerprint density at radius 2 is 2.00 bits per heavy atom. The topological polar surface area (TPSA) is 31.4 Å². The van der Waals surface area contributed by atoms with Crippen LogP contribution in [0.2, 0.25) is 5.02 Å². The first kappa shape index (κ1) is 22.1. The van der Waals surface area contributed by atoms with Gasteiger partial charge in [-0.3, -0.25) is 4.98 Å². The molecule has 0 amide bonds. The summed E-state index contributed by atoms with van der Waals surface area (Å²) in [6.07, 6.45) is 4.24. The van der Waals surface area contributed by atoms with Crippen LogP contribution in [-0.2, 0) is 0 Å². The lowest BCUT2D eigenvalue weighted by Crippen LogP contribution is -2.33. The summed E-state index contributed by atoms with van der Waals surface area (Å²) in [6.45, 7) is 4.43. The zero-order valence-electron chi connectivity index (χ0n) is 17.7. The molecule has 2 fully saturated rings. The second-order valence-electron chi connectivity index (χ2n) is 8.47. The minimum atomic E-state index is -0.0451. The molecule has 0 radical (unpaired) electrons. The van der Waals surface area contributed by atoms with Gasteiger partial charge in [-0.25, -0.2) is 0 Å². The van der Waals surface area contributed by atoms with Gasteiger partial charge < -0.3 is 15.1 Å². The molecule has 1 aromatic carbocycles. The van der Waals surface area contributed by atoms with Crippen LogP contribution in [0.25, 0.3) is 0 Å². The molecule has 0 bridgehead atoms. The lowest BCUT2D eigenvalue weighted by Gasteiger charge is -2.33. The number of benzene rings is 1. The molecule has 2 unspecified atom stereocenters. The summed E-state index contributed by atoms with van der Waals surface area (Å²) in [5.41, 5.74) is 3.07. The molecular formula is C24H24BrClN4S2. The molecule has 2 aliphatic heterocycles. The summed E-state index contributed by atoms with van der Waals surface area (Å²) in [5, 5.41) is 7.08. The summed E-state index contributed by atoms with van der Waals surface area (Å²) in [7, 11) is 0. The average molecular weight is 548 g/mol. The first-order valence-electron chi connectivity index (χ1n) is 10.8. The highest BCUT2D eigenvalue weighted by atomic mass is 79.9. The molecule has 3 aromatic rings. The van der Waals surface area contributed by atoms with E-state index < -0.39 is 0 Å². The number of hydrogen-bond acceptors (Lipinski definition) is 4. The number of rotatable bonds is 4. The first-order valence-corrected chi connectivity index (χ1v) is 13.3. The number of anilines is 2. The van der Waals surface area contributed by atoms with E-state index in [1.165, 1.54) is 17.7 Å². The fourth-order valence-corrected chi connectivity index (χ4v) is 6.77. The maximum absolute atomic E-state index is 6.83. The van der Waals surface area contributed by atoms with E-state index in [1.54, 1.807) is 11.3 Å². The van der Waals surface area contributed by atoms with Gasteiger partial charge in [0.15, 0.2) is 5.11 Å². The van der Waals surface area contributed by atoms with Crippen LogP contribution in [0, 0.1) is 5.92 Å². The number of nitrogens with one attached hydrogen (secondary N) is 1. The van der Waals surface area contributed by atoms with Gasteiger partial charge in [0, 0.05) is 39.7 Å². The molecular weight excluding hydrogens is 524 g/mol. The van der Waals surface area contributed by atoms with E-state index >= 15 is 0 Å². The number of aromatic nitrogens is 1. The molecule has 166 valence electrons. The lowest BCUT2D eigenvalue weighted by atomic mass is 9.98. The van der Waals surface area contributed by atoms with Crippen molar-refractivity contribution < 1.29 is 0 Å². The monoisotopic (exact) mass is 546 g/mol. The van der Waals surface area contributed by atoms with Crippen molar-refractivity contribution in [3.05, 3.63) is 74.1 Å². The number of nitrogens with zero attached hydrogens (tertiary/aromatic N) is 3. The number of hydrogen-bond donors (Lipinski definition) is 1. The second-order valence-corrected chi connectivity index (χ2v) is 11.1. The van der Waals surface area contributed by atoms with Gasteiger partial charge in [-0.15, -0.1) is 11.3 Å². The Hall–Kier alpha value is -1.67. The van der Waals surface area contributed by atoms with Crippen LogP contribution >= 0.6 is 51.1 Å². The van der Waals surface area contributed by atoms with E-state index in [0.717, 1.165) is 45.6 Å². The SMILES string of the molecule is CC1CCN(c2ccc(N3C(=S)NC(c4ccccn4)C3c3cc(Br)cs3)cc2Cl)CC1. The molecule has 4 heterocycles. The number of thiophene rings is 1. The molecule has 2 atom stereocenters. The van der Waals surface area contributed by atoms with Gasteiger partial charge >= 0.3 is 0 Å². The van der Waals surface area contributed by atoms with Gasteiger partial charge in [0.2, 0.25) is 0 Å². The van der Waals surface area contributed by atoms with Crippen LogP contribution in [-0.4, -0.2) is 23.2 Å². The second kappa shape index (κ2) is 9.29. The highest BCUT2D eigenvalue weighted by molar-refractivity contribution is 9.10. The molecule has 8 heteroatoms. The van der Waals surface area contributed by atoms with Crippen molar-refractivity contribution in [3.63, 3.8) is 0 Å². The van der Waals surface area contributed by atoms with E-state index in [2.05, 4.69) is 72.6 Å². The fourth-order valence-electron chi connectivity index (χ4n) is 4.56. The fraction of sp³-hybridized carbons (Fsp3) is 0.333. The minimum absolute atomic E-state index is 0.00791. The van der Waals surface area contributed by atoms with Gasteiger partial charge in [0.1, 0.15) is 0 Å². The summed E-state index contributed by atoms with van der Waals surface area (Å²) in [6, 6.07) is 14.5. The predicted octanol–water partition coefficient (Wildman–Crippen LogP) is 6.97. The zero-order chi connectivity index (χ0) is 22.2. The zero-order valence-corrected chi connectivity index (χ0v) is 21.6. The number of piperidine rings is 1. The molecule has 2 saturated heterocycles. The van der Waals surface area contributed by atoms with Gasteiger partial charge in [-0.05, 0) is 83.3 Å². The van der Waals surface area contributed by atoms with Crippen LogP contribution in [0.3, 0.4) is 0 Å². The predicted molar refractivity (Wildman–Crippen MR) is 142 cm³/mol. The van der Waals surface area contributed by atoms with Crippen molar-refractivity contribution in [1.29, 1.82) is 0 Å². The minimum Gasteiger partial charge on any atom is -0.370 e. The van der Waals surface area contributed by atoms with E-state index in [9.17, 15) is 0 Å².